The second kappa shape index (κ2) is 5.47. The lowest BCUT2D eigenvalue weighted by molar-refractivity contribution is -0.136. The van der Waals surface area contributed by atoms with Crippen LogP contribution < -0.4 is 0 Å². The number of piperidine rings is 1. The van der Waals surface area contributed by atoms with E-state index in [1.165, 1.54) is 6.26 Å². The average Bonchev–Trinajstić information content (AvgIpc) is 2.79. The number of rotatable bonds is 3. The molecule has 0 spiro atoms. The second-order valence-corrected chi connectivity index (χ2v) is 5.32. The van der Waals surface area contributed by atoms with Crippen molar-refractivity contribution in [3.63, 3.8) is 0 Å². The van der Waals surface area contributed by atoms with Gasteiger partial charge in [-0.2, -0.15) is 0 Å². The summed E-state index contributed by atoms with van der Waals surface area (Å²) in [5.41, 5.74) is 0.379. The maximum atomic E-state index is 12.4. The Kier molecular flexibility index (Phi) is 3.93. The smallest absolute Gasteiger partial charge is 0.311 e. The zero-order chi connectivity index (χ0) is 14.0. The van der Waals surface area contributed by atoms with Gasteiger partial charge in [-0.25, -0.2) is 0 Å². The molecule has 2 atom stereocenters. The molecule has 1 aromatic rings. The molecule has 1 saturated heterocycles. The number of furan rings is 1. The summed E-state index contributed by atoms with van der Waals surface area (Å²) < 4.78 is 5.11. The Labute approximate surface area is 112 Å². The minimum absolute atomic E-state index is 0.122. The predicted molar refractivity (Wildman–Crippen MR) is 68.9 cm³/mol. The van der Waals surface area contributed by atoms with Gasteiger partial charge in [0.1, 0.15) is 12.2 Å². The van der Waals surface area contributed by atoms with E-state index in [1.54, 1.807) is 11.0 Å². The minimum Gasteiger partial charge on any atom is -0.481 e. The van der Waals surface area contributed by atoms with Crippen molar-refractivity contribution in [1.82, 2.24) is 4.90 Å². The summed E-state index contributed by atoms with van der Waals surface area (Å²) >= 11 is 0. The highest BCUT2D eigenvalue weighted by Gasteiger charge is 2.28. The molecule has 1 N–H and O–H groups in total. The molecule has 1 aromatic heterocycles. The fourth-order valence-corrected chi connectivity index (χ4v) is 2.42. The summed E-state index contributed by atoms with van der Waals surface area (Å²) in [6.45, 7) is 5.78. The first-order chi connectivity index (χ1) is 8.99. The highest BCUT2D eigenvalue weighted by molar-refractivity contribution is 5.96. The Morgan fingerprint density at radius 3 is 2.79 bits per heavy atom. The Bertz CT molecular complexity index is 480. The fraction of sp³-hybridized carbons (Fsp3) is 0.571. The van der Waals surface area contributed by atoms with E-state index in [2.05, 4.69) is 13.8 Å². The SMILES string of the molecule is CC1CCN(C(=O)c2ccoc2CC(=O)O)CC1C. The van der Waals surface area contributed by atoms with Crippen LogP contribution in [0.2, 0.25) is 0 Å². The summed E-state index contributed by atoms with van der Waals surface area (Å²) in [5, 5.41) is 8.79. The summed E-state index contributed by atoms with van der Waals surface area (Å²) in [6.07, 6.45) is 2.11. The van der Waals surface area contributed by atoms with E-state index < -0.39 is 5.97 Å². The third kappa shape index (κ3) is 2.97. The number of carbonyl (C=O) groups excluding carboxylic acids is 1. The summed E-state index contributed by atoms with van der Waals surface area (Å²) in [5.74, 6) is 0.205. The van der Waals surface area contributed by atoms with Crippen molar-refractivity contribution in [3.8, 4) is 0 Å². The lowest BCUT2D eigenvalue weighted by Crippen LogP contribution is -2.42. The topological polar surface area (TPSA) is 70.8 Å². The van der Waals surface area contributed by atoms with Crippen LogP contribution in [0, 0.1) is 11.8 Å². The lowest BCUT2D eigenvalue weighted by Gasteiger charge is -2.35. The van der Waals surface area contributed by atoms with E-state index in [0.29, 0.717) is 17.4 Å². The van der Waals surface area contributed by atoms with Crippen LogP contribution in [0.3, 0.4) is 0 Å². The molecule has 19 heavy (non-hydrogen) atoms. The number of likely N-dealkylation sites (tertiary alicyclic amines) is 1. The summed E-state index contributed by atoms with van der Waals surface area (Å²) in [4.78, 5) is 24.9. The Morgan fingerprint density at radius 1 is 1.42 bits per heavy atom. The first kappa shape index (κ1) is 13.6. The van der Waals surface area contributed by atoms with Crippen molar-refractivity contribution in [2.45, 2.75) is 26.7 Å². The molecule has 0 aliphatic carbocycles. The Hall–Kier alpha value is -1.78. The van der Waals surface area contributed by atoms with Gasteiger partial charge >= 0.3 is 5.97 Å². The largest absolute Gasteiger partial charge is 0.481 e. The summed E-state index contributed by atoms with van der Waals surface area (Å²) in [7, 11) is 0. The summed E-state index contributed by atoms with van der Waals surface area (Å²) in [6, 6.07) is 1.56. The van der Waals surface area contributed by atoms with Gasteiger partial charge in [0.05, 0.1) is 11.8 Å². The molecule has 104 valence electrons. The van der Waals surface area contributed by atoms with Crippen LogP contribution in [0.15, 0.2) is 16.7 Å². The molecule has 2 heterocycles. The number of carboxylic acids is 1. The first-order valence-electron chi connectivity index (χ1n) is 6.56. The zero-order valence-corrected chi connectivity index (χ0v) is 11.3. The van der Waals surface area contributed by atoms with Gasteiger partial charge in [-0.05, 0) is 24.3 Å². The molecule has 5 nitrogen and oxygen atoms in total. The second-order valence-electron chi connectivity index (χ2n) is 5.32. The quantitative estimate of drug-likeness (QED) is 0.907. The van der Waals surface area contributed by atoms with E-state index in [1.807, 2.05) is 0 Å². The molecule has 0 saturated carbocycles. The van der Waals surface area contributed by atoms with E-state index in [0.717, 1.165) is 19.5 Å². The van der Waals surface area contributed by atoms with Gasteiger partial charge in [-0.1, -0.05) is 13.8 Å². The predicted octanol–water partition coefficient (Wildman–Crippen LogP) is 2.02. The van der Waals surface area contributed by atoms with Gasteiger partial charge in [0.25, 0.3) is 5.91 Å². The highest BCUT2D eigenvalue weighted by Crippen LogP contribution is 2.24. The van der Waals surface area contributed by atoms with Gasteiger partial charge in [0.15, 0.2) is 0 Å². The average molecular weight is 265 g/mol. The van der Waals surface area contributed by atoms with E-state index >= 15 is 0 Å². The molecule has 1 fully saturated rings. The van der Waals surface area contributed by atoms with E-state index in [-0.39, 0.29) is 18.1 Å². The van der Waals surface area contributed by atoms with Gasteiger partial charge < -0.3 is 14.4 Å². The van der Waals surface area contributed by atoms with Gasteiger partial charge in [-0.15, -0.1) is 0 Å². The van der Waals surface area contributed by atoms with Crippen LogP contribution >= 0.6 is 0 Å². The molecule has 0 radical (unpaired) electrons. The lowest BCUT2D eigenvalue weighted by atomic mass is 9.88. The van der Waals surface area contributed by atoms with Gasteiger partial charge in [0.2, 0.25) is 0 Å². The molecule has 0 bridgehead atoms. The molecule has 1 amide bonds. The molecule has 1 aliphatic rings. The monoisotopic (exact) mass is 265 g/mol. The number of hydrogen-bond donors (Lipinski definition) is 1. The van der Waals surface area contributed by atoms with Crippen LogP contribution in [-0.2, 0) is 11.2 Å². The fourth-order valence-electron chi connectivity index (χ4n) is 2.42. The molecule has 5 heteroatoms. The molecular weight excluding hydrogens is 246 g/mol. The van der Waals surface area contributed by atoms with Crippen molar-refractivity contribution in [3.05, 3.63) is 23.7 Å². The molecular formula is C14H19NO4. The number of hydrogen-bond acceptors (Lipinski definition) is 3. The van der Waals surface area contributed by atoms with Crippen molar-refractivity contribution < 1.29 is 19.1 Å². The van der Waals surface area contributed by atoms with E-state index in [4.69, 9.17) is 9.52 Å². The first-order valence-corrected chi connectivity index (χ1v) is 6.56. The zero-order valence-electron chi connectivity index (χ0n) is 11.3. The van der Waals surface area contributed by atoms with Crippen LogP contribution in [0.5, 0.6) is 0 Å². The van der Waals surface area contributed by atoms with Crippen molar-refractivity contribution in [2.75, 3.05) is 13.1 Å². The molecule has 2 rings (SSSR count). The van der Waals surface area contributed by atoms with Gasteiger partial charge in [0, 0.05) is 13.1 Å². The van der Waals surface area contributed by atoms with Crippen molar-refractivity contribution >= 4 is 11.9 Å². The number of amides is 1. The van der Waals surface area contributed by atoms with Crippen molar-refractivity contribution in [2.24, 2.45) is 11.8 Å². The normalized spacial score (nSPS) is 23.4. The highest BCUT2D eigenvalue weighted by atomic mass is 16.4. The third-order valence-electron chi connectivity index (χ3n) is 3.91. The molecule has 0 aromatic carbocycles. The van der Waals surface area contributed by atoms with Gasteiger partial charge in [-0.3, -0.25) is 9.59 Å². The maximum absolute atomic E-state index is 12.4. The van der Waals surface area contributed by atoms with Crippen LogP contribution in [-0.4, -0.2) is 35.0 Å². The van der Waals surface area contributed by atoms with E-state index in [9.17, 15) is 9.59 Å². The molecule has 2 unspecified atom stereocenters. The Balaban J connectivity index is 2.11. The molecule has 1 aliphatic heterocycles. The van der Waals surface area contributed by atoms with Crippen LogP contribution in [0.25, 0.3) is 0 Å². The van der Waals surface area contributed by atoms with Crippen molar-refractivity contribution in [1.29, 1.82) is 0 Å². The Morgan fingerprint density at radius 2 is 2.16 bits per heavy atom. The standard InChI is InChI=1S/C14H19NO4/c1-9-3-5-15(8-10(9)2)14(18)11-4-6-19-12(11)7-13(16)17/h4,6,9-10H,3,5,7-8H2,1-2H3,(H,16,17). The minimum atomic E-state index is -0.996. The maximum Gasteiger partial charge on any atom is 0.311 e. The number of carbonyl (C=O) groups is 2. The number of carboxylic acid groups (broad SMARTS) is 1. The van der Waals surface area contributed by atoms with Crippen LogP contribution in [0.1, 0.15) is 36.4 Å². The number of nitrogens with zero attached hydrogens (tertiary/aromatic N) is 1. The third-order valence-corrected chi connectivity index (χ3v) is 3.91. The van der Waals surface area contributed by atoms with Crippen LogP contribution in [0.4, 0.5) is 0 Å². The number of aliphatic carboxylic acids is 1.